The maximum absolute atomic E-state index is 13.7. The van der Waals surface area contributed by atoms with Crippen molar-refractivity contribution in [2.24, 2.45) is 0 Å². The summed E-state index contributed by atoms with van der Waals surface area (Å²) in [6.45, 7) is 0.963. The zero-order valence-electron chi connectivity index (χ0n) is 14.6. The Labute approximate surface area is 160 Å². The van der Waals surface area contributed by atoms with Crippen molar-refractivity contribution < 1.29 is 22.8 Å². The number of piperidine rings is 1. The van der Waals surface area contributed by atoms with Gasteiger partial charge in [-0.05, 0) is 24.3 Å². The second-order valence-corrected chi connectivity index (χ2v) is 7.47. The van der Waals surface area contributed by atoms with Crippen LogP contribution in [0, 0.1) is 0 Å². The summed E-state index contributed by atoms with van der Waals surface area (Å²) < 4.78 is 38.5. The molecule has 0 N–H and O–H groups in total. The third kappa shape index (κ3) is 3.93. The van der Waals surface area contributed by atoms with E-state index in [9.17, 15) is 13.6 Å². The SMILES string of the molecule is O=C(c1noc2c1CC(F)(F)CC2)N1CCC(Oc2ccc(Cl)cc2)CC1. The van der Waals surface area contributed by atoms with Crippen molar-refractivity contribution >= 4 is 17.5 Å². The van der Waals surface area contributed by atoms with Gasteiger partial charge in [-0.15, -0.1) is 0 Å². The van der Waals surface area contributed by atoms with E-state index in [1.807, 2.05) is 12.1 Å². The van der Waals surface area contributed by atoms with Crippen molar-refractivity contribution in [1.29, 1.82) is 0 Å². The molecule has 4 rings (SSSR count). The molecule has 0 atom stereocenters. The minimum Gasteiger partial charge on any atom is -0.490 e. The lowest BCUT2D eigenvalue weighted by molar-refractivity contribution is -0.0147. The number of ether oxygens (including phenoxy) is 1. The molecule has 0 saturated carbocycles. The van der Waals surface area contributed by atoms with Crippen LogP contribution < -0.4 is 4.74 Å². The molecular weight excluding hydrogens is 378 g/mol. The minimum atomic E-state index is -2.81. The Morgan fingerprint density at radius 3 is 2.67 bits per heavy atom. The van der Waals surface area contributed by atoms with E-state index in [1.165, 1.54) is 0 Å². The van der Waals surface area contributed by atoms with Gasteiger partial charge in [0.05, 0.1) is 0 Å². The van der Waals surface area contributed by atoms with Gasteiger partial charge in [0.2, 0.25) is 0 Å². The van der Waals surface area contributed by atoms with Crippen LogP contribution in [0.5, 0.6) is 5.75 Å². The lowest BCUT2D eigenvalue weighted by atomic mass is 9.92. The van der Waals surface area contributed by atoms with Gasteiger partial charge in [0.1, 0.15) is 17.6 Å². The van der Waals surface area contributed by atoms with Crippen LogP contribution in [0.15, 0.2) is 28.8 Å². The van der Waals surface area contributed by atoms with Gasteiger partial charge in [-0.25, -0.2) is 8.78 Å². The number of hydrogen-bond donors (Lipinski definition) is 0. The van der Waals surface area contributed by atoms with Gasteiger partial charge in [-0.1, -0.05) is 16.8 Å². The maximum Gasteiger partial charge on any atom is 0.276 e. The molecule has 0 unspecified atom stereocenters. The number of aromatic nitrogens is 1. The summed E-state index contributed by atoms with van der Waals surface area (Å²) in [7, 11) is 0. The second-order valence-electron chi connectivity index (χ2n) is 7.03. The predicted molar refractivity (Wildman–Crippen MR) is 94.5 cm³/mol. The van der Waals surface area contributed by atoms with Gasteiger partial charge in [-0.3, -0.25) is 4.79 Å². The van der Waals surface area contributed by atoms with E-state index in [2.05, 4.69) is 5.16 Å². The molecule has 2 heterocycles. The molecule has 1 aromatic carbocycles. The van der Waals surface area contributed by atoms with Gasteiger partial charge < -0.3 is 14.2 Å². The summed E-state index contributed by atoms with van der Waals surface area (Å²) in [6.07, 6.45) is 0.666. The van der Waals surface area contributed by atoms with E-state index < -0.39 is 12.3 Å². The summed E-state index contributed by atoms with van der Waals surface area (Å²) in [6, 6.07) is 7.14. The molecule has 5 nitrogen and oxygen atoms in total. The molecule has 27 heavy (non-hydrogen) atoms. The number of nitrogens with zero attached hydrogens (tertiary/aromatic N) is 2. The van der Waals surface area contributed by atoms with Crippen LogP contribution in [0.2, 0.25) is 5.02 Å². The average molecular weight is 397 g/mol. The van der Waals surface area contributed by atoms with E-state index in [1.54, 1.807) is 17.0 Å². The molecule has 2 aromatic rings. The number of benzene rings is 1. The van der Waals surface area contributed by atoms with E-state index in [4.69, 9.17) is 20.9 Å². The lowest BCUT2D eigenvalue weighted by Gasteiger charge is -2.32. The number of fused-ring (bicyclic) bond motifs is 1. The number of alkyl halides is 2. The highest BCUT2D eigenvalue weighted by Crippen LogP contribution is 2.35. The summed E-state index contributed by atoms with van der Waals surface area (Å²) in [5.41, 5.74) is 0.289. The largest absolute Gasteiger partial charge is 0.490 e. The number of rotatable bonds is 3. The quantitative estimate of drug-likeness (QED) is 0.782. The highest BCUT2D eigenvalue weighted by molar-refractivity contribution is 6.30. The molecule has 2 aliphatic rings. The molecule has 1 amide bonds. The molecule has 144 valence electrons. The average Bonchev–Trinajstić information content (AvgIpc) is 3.05. The number of likely N-dealkylation sites (tertiary alicyclic amines) is 1. The fraction of sp³-hybridized carbons (Fsp3) is 0.474. The number of halogens is 3. The Kier molecular flexibility index (Phi) is 4.80. The van der Waals surface area contributed by atoms with Gasteiger partial charge >= 0.3 is 0 Å². The van der Waals surface area contributed by atoms with Gasteiger partial charge in [0.15, 0.2) is 5.69 Å². The third-order valence-corrected chi connectivity index (χ3v) is 5.32. The molecular formula is C19H19ClF2N2O3. The molecule has 0 radical (unpaired) electrons. The van der Waals surface area contributed by atoms with Crippen LogP contribution >= 0.6 is 11.6 Å². The van der Waals surface area contributed by atoms with Crippen molar-refractivity contribution in [2.45, 2.75) is 44.1 Å². The first kappa shape index (κ1) is 18.2. The van der Waals surface area contributed by atoms with E-state index in [0.717, 1.165) is 5.75 Å². The molecule has 1 aromatic heterocycles. The summed E-state index contributed by atoms with van der Waals surface area (Å²) in [5.74, 6) is -2.02. The molecule has 0 bridgehead atoms. The highest BCUT2D eigenvalue weighted by atomic mass is 35.5. The molecule has 1 aliphatic carbocycles. The van der Waals surface area contributed by atoms with E-state index in [0.29, 0.717) is 36.7 Å². The van der Waals surface area contributed by atoms with Crippen LogP contribution in [0.4, 0.5) is 8.78 Å². The number of carbonyl (C=O) groups is 1. The summed E-state index contributed by atoms with van der Waals surface area (Å²) >= 11 is 5.87. The standard InChI is InChI=1S/C19H19ClF2N2O3/c20-12-1-3-13(4-2-12)26-14-6-9-24(10-7-14)18(25)17-15-11-19(21,22)8-5-16(15)27-23-17/h1-4,14H,5-11H2. The first-order valence-corrected chi connectivity index (χ1v) is 9.36. The van der Waals surface area contributed by atoms with Crippen LogP contribution in [0.3, 0.4) is 0 Å². The van der Waals surface area contributed by atoms with Crippen LogP contribution in [-0.2, 0) is 12.8 Å². The van der Waals surface area contributed by atoms with Crippen LogP contribution in [-0.4, -0.2) is 41.1 Å². The first-order chi connectivity index (χ1) is 12.9. The molecule has 1 fully saturated rings. The molecule has 8 heteroatoms. The fourth-order valence-corrected chi connectivity index (χ4v) is 3.69. The molecule has 0 spiro atoms. The first-order valence-electron chi connectivity index (χ1n) is 8.98. The molecule has 1 aliphatic heterocycles. The van der Waals surface area contributed by atoms with E-state index in [-0.39, 0.29) is 36.1 Å². The normalized spacial score (nSPS) is 19.6. The van der Waals surface area contributed by atoms with Gasteiger partial charge in [-0.2, -0.15) is 0 Å². The van der Waals surface area contributed by atoms with Crippen molar-refractivity contribution in [3.8, 4) is 5.75 Å². The third-order valence-electron chi connectivity index (χ3n) is 5.07. The summed E-state index contributed by atoms with van der Waals surface area (Å²) in [5, 5.41) is 4.43. The van der Waals surface area contributed by atoms with Crippen LogP contribution in [0.1, 0.15) is 41.1 Å². The maximum atomic E-state index is 13.7. The van der Waals surface area contributed by atoms with Crippen molar-refractivity contribution in [1.82, 2.24) is 10.1 Å². The number of aryl methyl sites for hydroxylation is 1. The van der Waals surface area contributed by atoms with E-state index >= 15 is 0 Å². The summed E-state index contributed by atoms with van der Waals surface area (Å²) in [4.78, 5) is 14.4. The topological polar surface area (TPSA) is 55.6 Å². The lowest BCUT2D eigenvalue weighted by Crippen LogP contribution is -2.42. The van der Waals surface area contributed by atoms with Gasteiger partial charge in [0, 0.05) is 55.8 Å². The number of carbonyl (C=O) groups excluding carboxylic acids is 1. The molecule has 1 saturated heterocycles. The highest BCUT2D eigenvalue weighted by Gasteiger charge is 2.40. The van der Waals surface area contributed by atoms with Crippen LogP contribution in [0.25, 0.3) is 0 Å². The Bertz CT molecular complexity index is 830. The number of amides is 1. The van der Waals surface area contributed by atoms with Gasteiger partial charge in [0.25, 0.3) is 11.8 Å². The fourth-order valence-electron chi connectivity index (χ4n) is 3.57. The second kappa shape index (κ2) is 7.11. The zero-order chi connectivity index (χ0) is 19.0. The Balaban J connectivity index is 1.38. The Hall–Kier alpha value is -2.15. The van der Waals surface area contributed by atoms with Crippen molar-refractivity contribution in [3.05, 3.63) is 46.3 Å². The predicted octanol–water partition coefficient (Wildman–Crippen LogP) is 4.14. The monoisotopic (exact) mass is 396 g/mol. The minimum absolute atomic E-state index is 0.00853. The Morgan fingerprint density at radius 2 is 1.96 bits per heavy atom. The smallest absolute Gasteiger partial charge is 0.276 e. The van der Waals surface area contributed by atoms with Crippen molar-refractivity contribution in [3.63, 3.8) is 0 Å². The number of hydrogen-bond acceptors (Lipinski definition) is 4. The Morgan fingerprint density at radius 1 is 1.26 bits per heavy atom. The van der Waals surface area contributed by atoms with Crippen molar-refractivity contribution in [2.75, 3.05) is 13.1 Å². The zero-order valence-corrected chi connectivity index (χ0v) is 15.3.